The van der Waals surface area contributed by atoms with Gasteiger partial charge in [0.1, 0.15) is 0 Å². The van der Waals surface area contributed by atoms with E-state index >= 15 is 0 Å². The van der Waals surface area contributed by atoms with Gasteiger partial charge < -0.3 is 15.4 Å². The maximum absolute atomic E-state index is 5.76. The fourth-order valence-corrected chi connectivity index (χ4v) is 1.97. The normalized spacial score (nSPS) is 10.4. The van der Waals surface area contributed by atoms with Gasteiger partial charge in [0, 0.05) is 12.2 Å². The van der Waals surface area contributed by atoms with E-state index in [4.69, 9.17) is 10.5 Å². The Labute approximate surface area is 125 Å². The van der Waals surface area contributed by atoms with Crippen LogP contribution >= 0.6 is 0 Å². The lowest BCUT2D eigenvalue weighted by Crippen LogP contribution is -2.20. The summed E-state index contributed by atoms with van der Waals surface area (Å²) in [7, 11) is 0. The van der Waals surface area contributed by atoms with Gasteiger partial charge in [0.15, 0.2) is 0 Å². The average Bonchev–Trinajstić information content (AvgIpc) is 2.45. The second-order valence-corrected chi connectivity index (χ2v) is 4.71. The molecule has 0 amide bonds. The molecule has 0 saturated carbocycles. The van der Waals surface area contributed by atoms with E-state index in [-0.39, 0.29) is 12.0 Å². The predicted molar refractivity (Wildman–Crippen MR) is 83.9 cm³/mol. The first-order valence-corrected chi connectivity index (χ1v) is 7.12. The molecule has 0 saturated heterocycles. The van der Waals surface area contributed by atoms with E-state index in [1.165, 1.54) is 5.56 Å². The van der Waals surface area contributed by atoms with Gasteiger partial charge in [-0.2, -0.15) is 15.0 Å². The van der Waals surface area contributed by atoms with Crippen LogP contribution in [0, 0.1) is 6.92 Å². The predicted octanol–water partition coefficient (Wildman–Crippen LogP) is 2.71. The van der Waals surface area contributed by atoms with Crippen LogP contribution in [-0.2, 0) is 0 Å². The highest BCUT2D eigenvalue weighted by Crippen LogP contribution is 2.24. The van der Waals surface area contributed by atoms with Gasteiger partial charge in [-0.3, -0.25) is 0 Å². The topological polar surface area (TPSA) is 77.2 Å². The quantitative estimate of drug-likeness (QED) is 0.880. The molecular formula is C15H21N5O. The lowest BCUT2D eigenvalue weighted by Gasteiger charge is -2.21. The minimum atomic E-state index is 0.164. The number of hydrogen-bond donors (Lipinski definition) is 1. The first-order chi connectivity index (χ1) is 10.1. The highest BCUT2D eigenvalue weighted by atomic mass is 16.5. The molecule has 0 fully saturated rings. The van der Waals surface area contributed by atoms with Gasteiger partial charge in [0.25, 0.3) is 0 Å². The van der Waals surface area contributed by atoms with Crippen LogP contribution in [0.5, 0.6) is 6.01 Å². The molecule has 1 aromatic carbocycles. The van der Waals surface area contributed by atoms with Gasteiger partial charge in [-0.15, -0.1) is 0 Å². The van der Waals surface area contributed by atoms with E-state index in [2.05, 4.69) is 34.0 Å². The van der Waals surface area contributed by atoms with Crippen molar-refractivity contribution in [1.29, 1.82) is 0 Å². The van der Waals surface area contributed by atoms with Gasteiger partial charge >= 0.3 is 6.01 Å². The number of nitrogens with two attached hydrogens (primary N) is 1. The maximum atomic E-state index is 5.76. The lowest BCUT2D eigenvalue weighted by atomic mass is 10.2. The van der Waals surface area contributed by atoms with Gasteiger partial charge in [0.2, 0.25) is 11.9 Å². The van der Waals surface area contributed by atoms with Gasteiger partial charge in [0.05, 0.1) is 6.61 Å². The van der Waals surface area contributed by atoms with Crippen LogP contribution in [0.25, 0.3) is 0 Å². The molecule has 6 nitrogen and oxygen atoms in total. The van der Waals surface area contributed by atoms with Crippen LogP contribution in [0.2, 0.25) is 0 Å². The first-order valence-electron chi connectivity index (χ1n) is 7.12. The van der Waals surface area contributed by atoms with E-state index in [9.17, 15) is 0 Å². The smallest absolute Gasteiger partial charge is 0.323 e. The molecule has 112 valence electrons. The summed E-state index contributed by atoms with van der Waals surface area (Å²) in [5.41, 5.74) is 7.96. The number of nitrogens with zero attached hydrogens (tertiary/aromatic N) is 4. The van der Waals surface area contributed by atoms with Crippen molar-refractivity contribution in [2.45, 2.75) is 27.2 Å². The number of ether oxygens (including phenoxy) is 1. The van der Waals surface area contributed by atoms with Crippen LogP contribution in [0.4, 0.5) is 17.6 Å². The van der Waals surface area contributed by atoms with Crippen LogP contribution in [0.3, 0.4) is 0 Å². The Morgan fingerprint density at radius 1 is 1.19 bits per heavy atom. The molecule has 1 heterocycles. The average molecular weight is 287 g/mol. The summed E-state index contributed by atoms with van der Waals surface area (Å²) in [5, 5.41) is 0. The zero-order chi connectivity index (χ0) is 15.2. The molecule has 0 atom stereocenters. The molecule has 0 unspecified atom stereocenters. The van der Waals surface area contributed by atoms with Crippen molar-refractivity contribution in [2.24, 2.45) is 0 Å². The Bertz CT molecular complexity index is 602. The van der Waals surface area contributed by atoms with Crippen LogP contribution in [0.1, 0.15) is 25.8 Å². The Hall–Kier alpha value is -2.37. The van der Waals surface area contributed by atoms with E-state index < -0.39 is 0 Å². The summed E-state index contributed by atoms with van der Waals surface area (Å²) >= 11 is 0. The zero-order valence-corrected chi connectivity index (χ0v) is 12.7. The monoisotopic (exact) mass is 287 g/mol. The summed E-state index contributed by atoms with van der Waals surface area (Å²) in [6, 6.07) is 8.42. The summed E-state index contributed by atoms with van der Waals surface area (Å²) in [5.74, 6) is 0.666. The van der Waals surface area contributed by atoms with Crippen molar-refractivity contribution in [2.75, 3.05) is 23.8 Å². The van der Waals surface area contributed by atoms with Gasteiger partial charge in [-0.25, -0.2) is 0 Å². The van der Waals surface area contributed by atoms with E-state index in [0.29, 0.717) is 12.6 Å². The third-order valence-corrected chi connectivity index (χ3v) is 2.93. The Morgan fingerprint density at radius 3 is 2.67 bits per heavy atom. The Kier molecular flexibility index (Phi) is 4.92. The summed E-state index contributed by atoms with van der Waals surface area (Å²) in [6.45, 7) is 7.39. The van der Waals surface area contributed by atoms with E-state index in [0.717, 1.165) is 18.7 Å². The summed E-state index contributed by atoms with van der Waals surface area (Å²) in [6.07, 6.45) is 0.885. The van der Waals surface area contributed by atoms with Gasteiger partial charge in [-0.05, 0) is 38.0 Å². The molecule has 2 N–H and O–H groups in total. The zero-order valence-electron chi connectivity index (χ0n) is 12.7. The third kappa shape index (κ3) is 3.81. The second-order valence-electron chi connectivity index (χ2n) is 4.71. The minimum absolute atomic E-state index is 0.164. The highest BCUT2D eigenvalue weighted by Gasteiger charge is 2.14. The molecule has 0 aliphatic carbocycles. The van der Waals surface area contributed by atoms with Crippen LogP contribution < -0.4 is 15.4 Å². The number of benzene rings is 1. The summed E-state index contributed by atoms with van der Waals surface area (Å²) in [4.78, 5) is 14.6. The lowest BCUT2D eigenvalue weighted by molar-refractivity contribution is 0.292. The standard InChI is InChI=1S/C15H21N5O/c1-4-9-21-15-18-13(16)17-14(19-15)20(5-2)12-8-6-7-11(3)10-12/h6-8,10H,4-5,9H2,1-3H3,(H2,16,17,18,19). The van der Waals surface area contributed by atoms with Gasteiger partial charge in [-0.1, -0.05) is 19.1 Å². The third-order valence-electron chi connectivity index (χ3n) is 2.93. The van der Waals surface area contributed by atoms with E-state index in [1.54, 1.807) is 0 Å². The fourth-order valence-electron chi connectivity index (χ4n) is 1.97. The molecule has 2 rings (SSSR count). The van der Waals surface area contributed by atoms with Crippen LogP contribution in [0.15, 0.2) is 24.3 Å². The fraction of sp³-hybridized carbons (Fsp3) is 0.400. The number of hydrogen-bond acceptors (Lipinski definition) is 6. The molecule has 0 spiro atoms. The molecular weight excluding hydrogens is 266 g/mol. The van der Waals surface area contributed by atoms with Crippen molar-refractivity contribution < 1.29 is 4.74 Å². The molecule has 6 heteroatoms. The van der Waals surface area contributed by atoms with Crippen molar-refractivity contribution in [3.63, 3.8) is 0 Å². The second kappa shape index (κ2) is 6.88. The van der Waals surface area contributed by atoms with Crippen LogP contribution in [-0.4, -0.2) is 28.1 Å². The molecule has 1 aromatic heterocycles. The van der Waals surface area contributed by atoms with Crippen molar-refractivity contribution in [1.82, 2.24) is 15.0 Å². The van der Waals surface area contributed by atoms with Crippen molar-refractivity contribution in [3.05, 3.63) is 29.8 Å². The molecule has 0 aliphatic rings. The highest BCUT2D eigenvalue weighted by molar-refractivity contribution is 5.58. The molecule has 0 aliphatic heterocycles. The number of anilines is 3. The number of nitrogen functional groups attached to an aromatic ring is 1. The Morgan fingerprint density at radius 2 is 2.00 bits per heavy atom. The molecule has 0 bridgehead atoms. The maximum Gasteiger partial charge on any atom is 0.323 e. The molecule has 2 aromatic rings. The number of rotatable bonds is 6. The van der Waals surface area contributed by atoms with E-state index in [1.807, 2.05) is 30.9 Å². The number of aromatic nitrogens is 3. The van der Waals surface area contributed by atoms with Crippen molar-refractivity contribution in [3.8, 4) is 6.01 Å². The first kappa shape index (κ1) is 15.0. The molecule has 0 radical (unpaired) electrons. The number of aryl methyl sites for hydroxylation is 1. The summed E-state index contributed by atoms with van der Waals surface area (Å²) < 4.78 is 5.46. The van der Waals surface area contributed by atoms with Crippen molar-refractivity contribution >= 4 is 17.6 Å². The minimum Gasteiger partial charge on any atom is -0.463 e. The SMILES string of the molecule is CCCOc1nc(N)nc(N(CC)c2cccc(C)c2)n1. The largest absolute Gasteiger partial charge is 0.463 e. The molecule has 21 heavy (non-hydrogen) atoms. The Balaban J connectivity index is 2.35.